The molecule has 0 saturated carbocycles. The Morgan fingerprint density at radius 3 is 2.47 bits per heavy atom. The van der Waals surface area contributed by atoms with Gasteiger partial charge in [-0.05, 0) is 12.1 Å². The van der Waals surface area contributed by atoms with Crippen molar-refractivity contribution < 1.29 is 19.1 Å². The Labute approximate surface area is 98.9 Å². The second-order valence-corrected chi connectivity index (χ2v) is 3.07. The zero-order valence-electron chi connectivity index (χ0n) is 9.65. The Morgan fingerprint density at radius 1 is 1.24 bits per heavy atom. The minimum Gasteiger partial charge on any atom is -0.493 e. The van der Waals surface area contributed by atoms with Crippen LogP contribution >= 0.6 is 0 Å². The van der Waals surface area contributed by atoms with E-state index in [1.165, 1.54) is 14.2 Å². The first-order valence-corrected chi connectivity index (χ1v) is 4.94. The number of benzene rings is 1. The Bertz CT molecular complexity index is 406. The van der Waals surface area contributed by atoms with E-state index >= 15 is 0 Å². The van der Waals surface area contributed by atoms with Gasteiger partial charge in [-0.25, -0.2) is 4.79 Å². The van der Waals surface area contributed by atoms with Gasteiger partial charge < -0.3 is 14.8 Å². The van der Waals surface area contributed by atoms with Crippen LogP contribution in [-0.4, -0.2) is 32.7 Å². The molecule has 6 nitrogen and oxygen atoms in total. The molecule has 6 heteroatoms. The summed E-state index contributed by atoms with van der Waals surface area (Å²) in [6.45, 7) is -0.256. The van der Waals surface area contributed by atoms with Crippen LogP contribution in [0.15, 0.2) is 24.3 Å². The van der Waals surface area contributed by atoms with Gasteiger partial charge >= 0.3 is 6.03 Å². The zero-order chi connectivity index (χ0) is 12.7. The molecule has 92 valence electrons. The molecule has 0 saturated heterocycles. The molecule has 0 aliphatic carbocycles. The van der Waals surface area contributed by atoms with Crippen LogP contribution in [0, 0.1) is 0 Å². The SMILES string of the molecule is CNC(=O)NC(=O)COc1ccccc1OC. The second kappa shape index (κ2) is 6.37. The van der Waals surface area contributed by atoms with Gasteiger partial charge in [0.05, 0.1) is 7.11 Å². The van der Waals surface area contributed by atoms with Crippen molar-refractivity contribution in [3.8, 4) is 11.5 Å². The van der Waals surface area contributed by atoms with Crippen molar-refractivity contribution in [2.24, 2.45) is 0 Å². The molecular weight excluding hydrogens is 224 g/mol. The third-order valence-electron chi connectivity index (χ3n) is 1.91. The number of methoxy groups -OCH3 is 1. The molecular formula is C11H14N2O4. The third kappa shape index (κ3) is 4.02. The number of urea groups is 1. The van der Waals surface area contributed by atoms with Crippen LogP contribution in [0.4, 0.5) is 4.79 Å². The summed E-state index contributed by atoms with van der Waals surface area (Å²) in [7, 11) is 2.93. The van der Waals surface area contributed by atoms with Crippen LogP contribution in [0.5, 0.6) is 11.5 Å². The van der Waals surface area contributed by atoms with Crippen molar-refractivity contribution in [1.82, 2.24) is 10.6 Å². The number of carbonyl (C=O) groups is 2. The number of rotatable bonds is 4. The summed E-state index contributed by atoms with van der Waals surface area (Å²) >= 11 is 0. The summed E-state index contributed by atoms with van der Waals surface area (Å²) in [6.07, 6.45) is 0. The van der Waals surface area contributed by atoms with Gasteiger partial charge in [-0.3, -0.25) is 10.1 Å². The minimum atomic E-state index is -0.571. The van der Waals surface area contributed by atoms with Crippen LogP contribution in [0.3, 0.4) is 0 Å². The highest BCUT2D eigenvalue weighted by atomic mass is 16.5. The van der Waals surface area contributed by atoms with Gasteiger partial charge in [0.1, 0.15) is 0 Å². The molecule has 1 aromatic carbocycles. The maximum Gasteiger partial charge on any atom is 0.321 e. The molecule has 2 N–H and O–H groups in total. The molecule has 0 aromatic heterocycles. The number of hydrogen-bond donors (Lipinski definition) is 2. The lowest BCUT2D eigenvalue weighted by molar-refractivity contribution is -0.122. The molecule has 17 heavy (non-hydrogen) atoms. The van der Waals surface area contributed by atoms with Crippen LogP contribution < -0.4 is 20.1 Å². The van der Waals surface area contributed by atoms with Crippen LogP contribution in [0.2, 0.25) is 0 Å². The van der Waals surface area contributed by atoms with Crippen LogP contribution in [0.25, 0.3) is 0 Å². The molecule has 0 bridgehead atoms. The highest BCUT2D eigenvalue weighted by molar-refractivity contribution is 5.94. The molecule has 1 rings (SSSR count). The molecule has 0 atom stereocenters. The Morgan fingerprint density at radius 2 is 1.88 bits per heavy atom. The molecule has 0 fully saturated rings. The number of nitrogens with one attached hydrogen (secondary N) is 2. The van der Waals surface area contributed by atoms with E-state index in [-0.39, 0.29) is 6.61 Å². The summed E-state index contributed by atoms with van der Waals surface area (Å²) in [6, 6.07) is 6.36. The van der Waals surface area contributed by atoms with Gasteiger partial charge in [0.25, 0.3) is 5.91 Å². The van der Waals surface area contributed by atoms with E-state index < -0.39 is 11.9 Å². The lowest BCUT2D eigenvalue weighted by atomic mass is 10.3. The molecule has 0 aliphatic rings. The molecule has 1 aromatic rings. The van der Waals surface area contributed by atoms with E-state index in [0.717, 1.165) is 0 Å². The van der Waals surface area contributed by atoms with E-state index in [2.05, 4.69) is 10.6 Å². The number of ether oxygens (including phenoxy) is 2. The van der Waals surface area contributed by atoms with Crippen molar-refractivity contribution in [2.45, 2.75) is 0 Å². The molecule has 0 aliphatic heterocycles. The predicted octanol–water partition coefficient (Wildman–Crippen LogP) is 0.530. The third-order valence-corrected chi connectivity index (χ3v) is 1.91. The molecule has 0 heterocycles. The van der Waals surface area contributed by atoms with Gasteiger partial charge in [-0.1, -0.05) is 12.1 Å². The fourth-order valence-corrected chi connectivity index (χ4v) is 1.11. The average Bonchev–Trinajstić information content (AvgIpc) is 2.36. The van der Waals surface area contributed by atoms with Crippen molar-refractivity contribution >= 4 is 11.9 Å². The first-order chi connectivity index (χ1) is 8.17. The Kier molecular flexibility index (Phi) is 4.80. The summed E-state index contributed by atoms with van der Waals surface area (Å²) in [5.41, 5.74) is 0. The average molecular weight is 238 g/mol. The topological polar surface area (TPSA) is 76.7 Å². The monoisotopic (exact) mass is 238 g/mol. The fourth-order valence-electron chi connectivity index (χ4n) is 1.11. The van der Waals surface area contributed by atoms with E-state index in [1.54, 1.807) is 24.3 Å². The summed E-state index contributed by atoms with van der Waals surface area (Å²) in [5.74, 6) is 0.442. The predicted molar refractivity (Wildman–Crippen MR) is 61.1 cm³/mol. The Balaban J connectivity index is 2.50. The maximum atomic E-state index is 11.2. The second-order valence-electron chi connectivity index (χ2n) is 3.07. The summed E-state index contributed by atoms with van der Waals surface area (Å²) < 4.78 is 10.3. The quantitative estimate of drug-likeness (QED) is 0.802. The highest BCUT2D eigenvalue weighted by Crippen LogP contribution is 2.25. The maximum absolute atomic E-state index is 11.2. The van der Waals surface area contributed by atoms with E-state index in [4.69, 9.17) is 9.47 Å². The first kappa shape index (κ1) is 12.8. The largest absolute Gasteiger partial charge is 0.493 e. The van der Waals surface area contributed by atoms with Crippen LogP contribution in [-0.2, 0) is 4.79 Å². The molecule has 0 spiro atoms. The lowest BCUT2D eigenvalue weighted by Crippen LogP contribution is -2.39. The van der Waals surface area contributed by atoms with E-state index in [0.29, 0.717) is 11.5 Å². The number of hydrogen-bond acceptors (Lipinski definition) is 4. The number of amides is 3. The number of carbonyl (C=O) groups excluding carboxylic acids is 2. The van der Waals surface area contributed by atoms with Crippen molar-refractivity contribution in [1.29, 1.82) is 0 Å². The number of para-hydroxylation sites is 2. The van der Waals surface area contributed by atoms with E-state index in [9.17, 15) is 9.59 Å². The highest BCUT2D eigenvalue weighted by Gasteiger charge is 2.08. The van der Waals surface area contributed by atoms with Crippen molar-refractivity contribution in [3.63, 3.8) is 0 Å². The summed E-state index contributed by atoms with van der Waals surface area (Å²) in [5, 5.41) is 4.35. The number of imide groups is 1. The van der Waals surface area contributed by atoms with Gasteiger partial charge in [0, 0.05) is 7.05 Å². The molecule has 3 amide bonds. The standard InChI is InChI=1S/C11H14N2O4/c1-12-11(15)13-10(14)7-17-9-6-4-3-5-8(9)16-2/h3-6H,7H2,1-2H3,(H2,12,13,14,15). The van der Waals surface area contributed by atoms with Crippen LogP contribution in [0.1, 0.15) is 0 Å². The van der Waals surface area contributed by atoms with Gasteiger partial charge in [-0.15, -0.1) is 0 Å². The lowest BCUT2D eigenvalue weighted by Gasteiger charge is -2.09. The molecule has 0 unspecified atom stereocenters. The molecule has 0 radical (unpaired) electrons. The first-order valence-electron chi connectivity index (χ1n) is 4.94. The smallest absolute Gasteiger partial charge is 0.321 e. The zero-order valence-corrected chi connectivity index (χ0v) is 9.65. The van der Waals surface area contributed by atoms with Gasteiger partial charge in [0.15, 0.2) is 18.1 Å². The van der Waals surface area contributed by atoms with Crippen molar-refractivity contribution in [3.05, 3.63) is 24.3 Å². The van der Waals surface area contributed by atoms with Crippen molar-refractivity contribution in [2.75, 3.05) is 20.8 Å². The van der Waals surface area contributed by atoms with Gasteiger partial charge in [0.2, 0.25) is 0 Å². The fraction of sp³-hybridized carbons (Fsp3) is 0.273. The summed E-state index contributed by atoms with van der Waals surface area (Å²) in [4.78, 5) is 22.1. The Hall–Kier alpha value is -2.24. The van der Waals surface area contributed by atoms with E-state index in [1.807, 2.05) is 0 Å². The minimum absolute atomic E-state index is 0.256. The normalized spacial score (nSPS) is 9.29. The van der Waals surface area contributed by atoms with Gasteiger partial charge in [-0.2, -0.15) is 0 Å².